The third-order valence-electron chi connectivity index (χ3n) is 2.24. The second kappa shape index (κ2) is 3.74. The molecule has 1 fully saturated rings. The average molecular weight is 221 g/mol. The smallest absolute Gasteiger partial charge is 0.376 e. The molecule has 15 heavy (non-hydrogen) atoms. The van der Waals surface area contributed by atoms with Crippen LogP contribution in [-0.2, 0) is 9.53 Å². The third-order valence-corrected chi connectivity index (χ3v) is 2.24. The molecule has 84 valence electrons. The van der Waals surface area contributed by atoms with Crippen molar-refractivity contribution in [1.82, 2.24) is 4.90 Å². The van der Waals surface area contributed by atoms with Crippen LogP contribution in [0.25, 0.3) is 0 Å². The van der Waals surface area contributed by atoms with Crippen LogP contribution in [0.1, 0.15) is 6.92 Å². The highest BCUT2D eigenvalue weighted by Gasteiger charge is 2.49. The Morgan fingerprint density at radius 1 is 1.60 bits per heavy atom. The molecule has 6 heteroatoms. The lowest BCUT2D eigenvalue weighted by atomic mass is 10.0. The first-order valence-electron chi connectivity index (χ1n) is 4.25. The van der Waals surface area contributed by atoms with E-state index in [1.807, 2.05) is 0 Å². The van der Waals surface area contributed by atoms with E-state index in [2.05, 4.69) is 5.92 Å². The standard InChI is InChI=1S/C9H10F3NO2/c1-3-8(2)6-15-5-4-13(8)7(14)9(10,11)12/h1H,4-6H2,2H3. The first kappa shape index (κ1) is 11.9. The molecule has 1 aliphatic rings. The van der Waals surface area contributed by atoms with Crippen LogP contribution >= 0.6 is 0 Å². The van der Waals surface area contributed by atoms with Crippen molar-refractivity contribution in [2.75, 3.05) is 19.8 Å². The number of hydrogen-bond acceptors (Lipinski definition) is 2. The Labute approximate surface area is 85.2 Å². The Kier molecular flexibility index (Phi) is 2.95. The van der Waals surface area contributed by atoms with E-state index in [0.29, 0.717) is 4.90 Å². The molecule has 1 atom stereocenters. The summed E-state index contributed by atoms with van der Waals surface area (Å²) in [4.78, 5) is 11.7. The molecule has 3 nitrogen and oxygen atoms in total. The first-order chi connectivity index (χ1) is 6.81. The van der Waals surface area contributed by atoms with Gasteiger partial charge in [0.2, 0.25) is 0 Å². The predicted octanol–water partition coefficient (Wildman–Crippen LogP) is 0.799. The number of nitrogens with zero attached hydrogens (tertiary/aromatic N) is 1. The molecule has 0 N–H and O–H groups in total. The monoisotopic (exact) mass is 221 g/mol. The number of amides is 1. The number of halogens is 3. The topological polar surface area (TPSA) is 29.5 Å². The molecule has 1 rings (SSSR count). The summed E-state index contributed by atoms with van der Waals surface area (Å²) in [6.45, 7) is 1.22. The number of morpholine rings is 1. The van der Waals surface area contributed by atoms with E-state index in [0.717, 1.165) is 0 Å². The molecule has 1 saturated heterocycles. The predicted molar refractivity (Wildman–Crippen MR) is 45.8 cm³/mol. The fraction of sp³-hybridized carbons (Fsp3) is 0.667. The Bertz CT molecular complexity index is 307. The Hall–Kier alpha value is -1.22. The summed E-state index contributed by atoms with van der Waals surface area (Å²) < 4.78 is 41.6. The van der Waals surface area contributed by atoms with Crippen molar-refractivity contribution in [2.24, 2.45) is 0 Å². The lowest BCUT2D eigenvalue weighted by Crippen LogP contribution is -2.59. The highest BCUT2D eigenvalue weighted by molar-refractivity contribution is 5.83. The molecular weight excluding hydrogens is 211 g/mol. The molecule has 1 unspecified atom stereocenters. The van der Waals surface area contributed by atoms with Crippen molar-refractivity contribution in [3.8, 4) is 12.3 Å². The van der Waals surface area contributed by atoms with Crippen molar-refractivity contribution in [3.05, 3.63) is 0 Å². The molecule has 0 aliphatic carbocycles. The lowest BCUT2D eigenvalue weighted by molar-refractivity contribution is -0.195. The molecule has 0 aromatic carbocycles. The normalized spacial score (nSPS) is 27.3. The van der Waals surface area contributed by atoms with Crippen LogP contribution in [0.4, 0.5) is 13.2 Å². The van der Waals surface area contributed by atoms with Gasteiger partial charge in [-0.2, -0.15) is 13.2 Å². The summed E-state index contributed by atoms with van der Waals surface area (Å²) in [5, 5.41) is 0. The van der Waals surface area contributed by atoms with Gasteiger partial charge in [-0.3, -0.25) is 4.79 Å². The maximum atomic E-state index is 12.2. The van der Waals surface area contributed by atoms with Crippen molar-refractivity contribution in [3.63, 3.8) is 0 Å². The Balaban J connectivity index is 2.93. The number of carbonyl (C=O) groups is 1. The van der Waals surface area contributed by atoms with Crippen molar-refractivity contribution >= 4 is 5.91 Å². The van der Waals surface area contributed by atoms with E-state index in [1.165, 1.54) is 6.92 Å². The third kappa shape index (κ3) is 2.23. The molecule has 1 aliphatic heterocycles. The van der Waals surface area contributed by atoms with E-state index in [-0.39, 0.29) is 19.8 Å². The van der Waals surface area contributed by atoms with Crippen LogP contribution in [-0.4, -0.2) is 42.3 Å². The highest BCUT2D eigenvalue weighted by atomic mass is 19.4. The van der Waals surface area contributed by atoms with Gasteiger partial charge in [0.15, 0.2) is 0 Å². The minimum atomic E-state index is -4.89. The number of ether oxygens (including phenoxy) is 1. The molecule has 0 radical (unpaired) electrons. The van der Waals surface area contributed by atoms with Gasteiger partial charge in [0.25, 0.3) is 0 Å². The second-order valence-electron chi connectivity index (χ2n) is 3.43. The summed E-state index contributed by atoms with van der Waals surface area (Å²) in [6.07, 6.45) is 0.224. The Morgan fingerprint density at radius 3 is 2.67 bits per heavy atom. The second-order valence-corrected chi connectivity index (χ2v) is 3.43. The quantitative estimate of drug-likeness (QED) is 0.566. The van der Waals surface area contributed by atoms with Gasteiger partial charge >= 0.3 is 12.1 Å². The number of rotatable bonds is 0. The van der Waals surface area contributed by atoms with E-state index in [9.17, 15) is 18.0 Å². The van der Waals surface area contributed by atoms with Crippen LogP contribution in [0.15, 0.2) is 0 Å². The maximum absolute atomic E-state index is 12.2. The van der Waals surface area contributed by atoms with Crippen molar-refractivity contribution in [2.45, 2.75) is 18.6 Å². The summed E-state index contributed by atoms with van der Waals surface area (Å²) in [7, 11) is 0. The minimum Gasteiger partial charge on any atom is -0.376 e. The van der Waals surface area contributed by atoms with Crippen molar-refractivity contribution in [1.29, 1.82) is 0 Å². The average Bonchev–Trinajstić information content (AvgIpc) is 2.16. The zero-order valence-electron chi connectivity index (χ0n) is 8.10. The van der Waals surface area contributed by atoms with Crippen LogP contribution < -0.4 is 0 Å². The number of carbonyl (C=O) groups excluding carboxylic acids is 1. The molecule has 1 heterocycles. The van der Waals surface area contributed by atoms with Crippen LogP contribution in [0.3, 0.4) is 0 Å². The largest absolute Gasteiger partial charge is 0.471 e. The van der Waals surface area contributed by atoms with Gasteiger partial charge < -0.3 is 9.64 Å². The van der Waals surface area contributed by atoms with Gasteiger partial charge in [0.05, 0.1) is 13.2 Å². The number of terminal acetylenes is 1. The summed E-state index contributed by atoms with van der Waals surface area (Å²) in [5.41, 5.74) is -1.31. The number of hydrogen-bond donors (Lipinski definition) is 0. The van der Waals surface area contributed by atoms with E-state index in [1.54, 1.807) is 0 Å². The summed E-state index contributed by atoms with van der Waals surface area (Å²) >= 11 is 0. The SMILES string of the molecule is C#CC1(C)COCCN1C(=O)C(F)(F)F. The fourth-order valence-corrected chi connectivity index (χ4v) is 1.35. The molecule has 1 amide bonds. The van der Waals surface area contributed by atoms with Gasteiger partial charge in [-0.25, -0.2) is 0 Å². The van der Waals surface area contributed by atoms with E-state index < -0.39 is 17.6 Å². The molecule has 0 spiro atoms. The van der Waals surface area contributed by atoms with Gasteiger partial charge in [0.1, 0.15) is 5.54 Å². The maximum Gasteiger partial charge on any atom is 0.471 e. The fourth-order valence-electron chi connectivity index (χ4n) is 1.35. The minimum absolute atomic E-state index is 0.0685. The van der Waals surface area contributed by atoms with Crippen molar-refractivity contribution < 1.29 is 22.7 Å². The van der Waals surface area contributed by atoms with Gasteiger partial charge in [-0.15, -0.1) is 6.42 Å². The molecular formula is C9H10F3NO2. The van der Waals surface area contributed by atoms with Crippen LogP contribution in [0.5, 0.6) is 0 Å². The summed E-state index contributed by atoms with van der Waals surface area (Å²) in [5.74, 6) is 0.253. The molecule has 0 aromatic rings. The molecule has 0 bridgehead atoms. The molecule has 0 aromatic heterocycles. The molecule has 0 saturated carbocycles. The summed E-state index contributed by atoms with van der Waals surface area (Å²) in [6, 6.07) is 0. The Morgan fingerprint density at radius 2 is 2.20 bits per heavy atom. The number of alkyl halides is 3. The lowest BCUT2D eigenvalue weighted by Gasteiger charge is -2.41. The van der Waals surface area contributed by atoms with Gasteiger partial charge in [0, 0.05) is 6.54 Å². The van der Waals surface area contributed by atoms with Gasteiger partial charge in [-0.05, 0) is 6.92 Å². The van der Waals surface area contributed by atoms with Crippen LogP contribution in [0.2, 0.25) is 0 Å². The van der Waals surface area contributed by atoms with E-state index >= 15 is 0 Å². The zero-order valence-corrected chi connectivity index (χ0v) is 8.10. The highest BCUT2D eigenvalue weighted by Crippen LogP contribution is 2.26. The van der Waals surface area contributed by atoms with Gasteiger partial charge in [-0.1, -0.05) is 5.92 Å². The van der Waals surface area contributed by atoms with E-state index in [4.69, 9.17) is 11.2 Å². The van der Waals surface area contributed by atoms with Crippen LogP contribution in [0, 0.1) is 12.3 Å². The zero-order chi connectivity index (χ0) is 11.7. The first-order valence-corrected chi connectivity index (χ1v) is 4.25.